The van der Waals surface area contributed by atoms with E-state index in [0.717, 1.165) is 11.3 Å². The fraction of sp³-hybridized carbons (Fsp3) is 0.185. The van der Waals surface area contributed by atoms with E-state index < -0.39 is 5.97 Å². The maximum absolute atomic E-state index is 13.4. The van der Waals surface area contributed by atoms with Gasteiger partial charge >= 0.3 is 5.97 Å². The van der Waals surface area contributed by atoms with Gasteiger partial charge in [-0.1, -0.05) is 63.2 Å². The third kappa shape index (κ3) is 4.78. The molecule has 0 aliphatic heterocycles. The molecule has 0 amide bonds. The lowest BCUT2D eigenvalue weighted by molar-refractivity contribution is 0.0473. The molecule has 0 aliphatic rings. The average Bonchev–Trinajstić information content (AvgIpc) is 3.24. The zero-order valence-corrected chi connectivity index (χ0v) is 18.4. The van der Waals surface area contributed by atoms with Crippen LogP contribution < -0.4 is 0 Å². The van der Waals surface area contributed by atoms with E-state index in [2.05, 4.69) is 38.0 Å². The summed E-state index contributed by atoms with van der Waals surface area (Å²) in [5, 5.41) is 4.59. The zero-order chi connectivity index (χ0) is 22.7. The van der Waals surface area contributed by atoms with E-state index in [9.17, 15) is 9.18 Å². The first-order chi connectivity index (χ1) is 15.3. The number of halogens is 1. The Labute approximate surface area is 187 Å². The van der Waals surface area contributed by atoms with Gasteiger partial charge in [-0.3, -0.25) is 0 Å². The molecule has 4 nitrogen and oxygen atoms in total. The van der Waals surface area contributed by atoms with Crippen molar-refractivity contribution in [3.05, 3.63) is 108 Å². The van der Waals surface area contributed by atoms with Crippen LogP contribution in [-0.2, 0) is 16.8 Å². The number of ether oxygens (including phenoxy) is 1. The van der Waals surface area contributed by atoms with Crippen LogP contribution >= 0.6 is 0 Å². The van der Waals surface area contributed by atoms with E-state index in [1.807, 2.05) is 42.5 Å². The van der Waals surface area contributed by atoms with Gasteiger partial charge in [-0.05, 0) is 52.9 Å². The van der Waals surface area contributed by atoms with Gasteiger partial charge in [0.2, 0.25) is 0 Å². The molecule has 0 N–H and O–H groups in total. The maximum atomic E-state index is 13.4. The van der Waals surface area contributed by atoms with Gasteiger partial charge in [-0.15, -0.1) is 0 Å². The number of carbonyl (C=O) groups excluding carboxylic acids is 1. The first kappa shape index (κ1) is 21.5. The van der Waals surface area contributed by atoms with Crippen molar-refractivity contribution in [2.75, 3.05) is 0 Å². The number of benzene rings is 3. The minimum absolute atomic E-state index is 0.0608. The van der Waals surface area contributed by atoms with Crippen LogP contribution in [0, 0.1) is 5.82 Å². The van der Waals surface area contributed by atoms with E-state index in [4.69, 9.17) is 4.74 Å². The Balaban J connectivity index is 1.60. The maximum Gasteiger partial charge on any atom is 0.342 e. The van der Waals surface area contributed by atoms with Crippen LogP contribution in [0.25, 0.3) is 16.9 Å². The highest BCUT2D eigenvalue weighted by Gasteiger charge is 2.20. The standard InChI is InChI=1S/C27H25FN2O2/c1-27(2,3)21-13-9-19(10-14-21)18-32-26(31)24-17-30(23-7-5-4-6-8-23)29-25(24)20-11-15-22(28)16-12-20/h4-17H,18H2,1-3H3. The molecule has 0 saturated carbocycles. The fourth-order valence-corrected chi connectivity index (χ4v) is 3.38. The van der Waals surface area contributed by atoms with Crippen LogP contribution in [-0.4, -0.2) is 15.7 Å². The summed E-state index contributed by atoms with van der Waals surface area (Å²) in [7, 11) is 0. The van der Waals surface area contributed by atoms with Gasteiger partial charge in [0.25, 0.3) is 0 Å². The zero-order valence-electron chi connectivity index (χ0n) is 18.4. The van der Waals surface area contributed by atoms with Crippen molar-refractivity contribution in [2.45, 2.75) is 32.8 Å². The molecule has 1 heterocycles. The predicted molar refractivity (Wildman–Crippen MR) is 123 cm³/mol. The van der Waals surface area contributed by atoms with Gasteiger partial charge in [0.1, 0.15) is 23.7 Å². The van der Waals surface area contributed by atoms with E-state index in [1.165, 1.54) is 17.7 Å². The molecule has 4 aromatic rings. The highest BCUT2D eigenvalue weighted by Crippen LogP contribution is 2.26. The first-order valence-electron chi connectivity index (χ1n) is 10.5. The summed E-state index contributed by atoms with van der Waals surface area (Å²) < 4.78 is 20.7. The minimum atomic E-state index is -0.480. The summed E-state index contributed by atoms with van der Waals surface area (Å²) in [6, 6.07) is 23.5. The molecule has 1 aromatic heterocycles. The molecule has 5 heteroatoms. The highest BCUT2D eigenvalue weighted by atomic mass is 19.1. The van der Waals surface area contributed by atoms with E-state index in [1.54, 1.807) is 23.0 Å². The molecule has 4 rings (SSSR count). The Bertz CT molecular complexity index is 1210. The van der Waals surface area contributed by atoms with Crippen LogP contribution in [0.1, 0.15) is 42.3 Å². The summed E-state index contributed by atoms with van der Waals surface area (Å²) in [5.41, 5.74) is 4.41. The summed E-state index contributed by atoms with van der Waals surface area (Å²) in [6.07, 6.45) is 1.65. The minimum Gasteiger partial charge on any atom is -0.457 e. The second-order valence-corrected chi connectivity index (χ2v) is 8.70. The first-order valence-corrected chi connectivity index (χ1v) is 10.5. The van der Waals surface area contributed by atoms with Crippen LogP contribution in [0.4, 0.5) is 4.39 Å². The third-order valence-corrected chi connectivity index (χ3v) is 5.26. The predicted octanol–water partition coefficient (Wildman–Crippen LogP) is 6.33. The van der Waals surface area contributed by atoms with Gasteiger partial charge in [0.05, 0.1) is 5.69 Å². The number of nitrogens with zero attached hydrogens (tertiary/aromatic N) is 2. The number of carbonyl (C=O) groups is 1. The summed E-state index contributed by atoms with van der Waals surface area (Å²) in [4.78, 5) is 13.0. The van der Waals surface area contributed by atoms with Crippen LogP contribution in [0.5, 0.6) is 0 Å². The lowest BCUT2D eigenvalue weighted by atomic mass is 9.87. The molecule has 0 unspecified atom stereocenters. The number of hydrogen-bond donors (Lipinski definition) is 0. The third-order valence-electron chi connectivity index (χ3n) is 5.26. The van der Waals surface area contributed by atoms with Crippen molar-refractivity contribution >= 4 is 5.97 Å². The van der Waals surface area contributed by atoms with Gasteiger partial charge in [-0.2, -0.15) is 5.10 Å². The van der Waals surface area contributed by atoms with Gasteiger partial charge in [0.15, 0.2) is 0 Å². The van der Waals surface area contributed by atoms with E-state index in [0.29, 0.717) is 16.8 Å². The molecule has 0 bridgehead atoms. The Kier molecular flexibility index (Phi) is 5.91. The highest BCUT2D eigenvalue weighted by molar-refractivity contribution is 5.96. The SMILES string of the molecule is CC(C)(C)c1ccc(COC(=O)c2cn(-c3ccccc3)nc2-c2ccc(F)cc2)cc1. The Morgan fingerprint density at radius 2 is 1.59 bits per heavy atom. The second kappa shape index (κ2) is 8.79. The Hall–Kier alpha value is -3.73. The lowest BCUT2D eigenvalue weighted by Crippen LogP contribution is -2.11. The van der Waals surface area contributed by atoms with Crippen molar-refractivity contribution in [3.63, 3.8) is 0 Å². The largest absolute Gasteiger partial charge is 0.457 e. The van der Waals surface area contributed by atoms with Gasteiger partial charge in [0, 0.05) is 11.8 Å². The monoisotopic (exact) mass is 428 g/mol. The molecule has 162 valence electrons. The van der Waals surface area contributed by atoms with Crippen molar-refractivity contribution in [3.8, 4) is 16.9 Å². The molecule has 0 aliphatic carbocycles. The number of hydrogen-bond acceptors (Lipinski definition) is 3. The fourth-order valence-electron chi connectivity index (χ4n) is 3.38. The summed E-state index contributed by atoms with van der Waals surface area (Å²) in [5.74, 6) is -0.828. The topological polar surface area (TPSA) is 44.1 Å². The van der Waals surface area contributed by atoms with Crippen molar-refractivity contribution in [1.29, 1.82) is 0 Å². The number of para-hydroxylation sites is 1. The summed E-state index contributed by atoms with van der Waals surface area (Å²) >= 11 is 0. The van der Waals surface area contributed by atoms with Gasteiger partial charge < -0.3 is 4.74 Å². The molecule has 0 radical (unpaired) electrons. The molecule has 0 atom stereocenters. The smallest absolute Gasteiger partial charge is 0.342 e. The number of esters is 1. The Morgan fingerprint density at radius 3 is 2.22 bits per heavy atom. The van der Waals surface area contributed by atoms with E-state index in [-0.39, 0.29) is 17.8 Å². The molecule has 32 heavy (non-hydrogen) atoms. The molecular formula is C27H25FN2O2. The molecule has 0 spiro atoms. The number of aromatic nitrogens is 2. The quantitative estimate of drug-likeness (QED) is 0.349. The molecule has 3 aromatic carbocycles. The van der Waals surface area contributed by atoms with Crippen LogP contribution in [0.3, 0.4) is 0 Å². The van der Waals surface area contributed by atoms with Crippen LogP contribution in [0.2, 0.25) is 0 Å². The van der Waals surface area contributed by atoms with Crippen molar-refractivity contribution in [2.24, 2.45) is 0 Å². The van der Waals surface area contributed by atoms with Crippen molar-refractivity contribution < 1.29 is 13.9 Å². The summed E-state index contributed by atoms with van der Waals surface area (Å²) in [6.45, 7) is 6.62. The van der Waals surface area contributed by atoms with Gasteiger partial charge in [-0.25, -0.2) is 13.9 Å². The normalized spacial score (nSPS) is 11.4. The van der Waals surface area contributed by atoms with E-state index >= 15 is 0 Å². The Morgan fingerprint density at radius 1 is 0.938 bits per heavy atom. The second-order valence-electron chi connectivity index (χ2n) is 8.70. The average molecular weight is 429 g/mol. The molecule has 0 saturated heterocycles. The molecule has 0 fully saturated rings. The lowest BCUT2D eigenvalue weighted by Gasteiger charge is -2.19. The number of rotatable bonds is 5. The molecular weight excluding hydrogens is 403 g/mol. The van der Waals surface area contributed by atoms with Crippen molar-refractivity contribution in [1.82, 2.24) is 9.78 Å². The van der Waals surface area contributed by atoms with Crippen LogP contribution in [0.15, 0.2) is 85.1 Å².